The third-order valence-corrected chi connectivity index (χ3v) is 3.23. The van der Waals surface area contributed by atoms with Crippen molar-refractivity contribution in [2.24, 2.45) is 0 Å². The predicted molar refractivity (Wildman–Crippen MR) is 66.6 cm³/mol. The summed E-state index contributed by atoms with van der Waals surface area (Å²) in [4.78, 5) is 0. The summed E-state index contributed by atoms with van der Waals surface area (Å²) in [7, 11) is 0. The Labute approximate surface area is 87.3 Å². The van der Waals surface area contributed by atoms with Gasteiger partial charge in [0.25, 0.3) is 0 Å². The maximum Gasteiger partial charge on any atom is 0.00238 e. The topological polar surface area (TPSA) is 0 Å². The fourth-order valence-electron chi connectivity index (χ4n) is 0.440. The molecular formula is C10H24S2. The highest BCUT2D eigenvalue weighted by Crippen LogP contribution is 2.14. The van der Waals surface area contributed by atoms with E-state index in [0.29, 0.717) is 0 Å². The van der Waals surface area contributed by atoms with E-state index in [4.69, 9.17) is 0 Å². The van der Waals surface area contributed by atoms with E-state index >= 15 is 0 Å². The van der Waals surface area contributed by atoms with Crippen LogP contribution in [-0.2, 0) is 0 Å². The lowest BCUT2D eigenvalue weighted by molar-refractivity contribution is 1.09. The van der Waals surface area contributed by atoms with Gasteiger partial charge in [-0.25, -0.2) is 0 Å². The van der Waals surface area contributed by atoms with Gasteiger partial charge in [0.05, 0.1) is 0 Å². The van der Waals surface area contributed by atoms with Crippen molar-refractivity contribution in [2.45, 2.75) is 40.5 Å². The molecule has 0 aromatic rings. The van der Waals surface area contributed by atoms with E-state index in [2.05, 4.69) is 51.2 Å². The van der Waals surface area contributed by atoms with E-state index in [-0.39, 0.29) is 0 Å². The molecule has 0 amide bonds. The number of hydrogen-bond acceptors (Lipinski definition) is 2. The summed E-state index contributed by atoms with van der Waals surface area (Å²) in [6, 6.07) is 0. The Morgan fingerprint density at radius 2 is 0.833 bits per heavy atom. The molecule has 0 spiro atoms. The van der Waals surface area contributed by atoms with Gasteiger partial charge in [-0.2, -0.15) is 23.5 Å². The van der Waals surface area contributed by atoms with E-state index in [0.717, 1.165) is 0 Å². The molecule has 2 heteroatoms. The molecule has 1 aliphatic rings. The van der Waals surface area contributed by atoms with Crippen LogP contribution < -0.4 is 0 Å². The van der Waals surface area contributed by atoms with Crippen molar-refractivity contribution in [1.29, 1.82) is 0 Å². The molecule has 0 nitrogen and oxygen atoms in total. The minimum absolute atomic E-state index is 1.25. The molecule has 0 aliphatic carbocycles. The standard InChI is InChI=1S/C4H8S2.2C3H8/c1-2-6-4-3-5-1;2*1-3-2/h1-4H2;2*3H2,1-2H3. The highest BCUT2D eigenvalue weighted by Gasteiger charge is 1.95. The molecule has 0 atom stereocenters. The largest absolute Gasteiger partial charge is 0.160 e. The minimum Gasteiger partial charge on any atom is -0.160 e. The van der Waals surface area contributed by atoms with Crippen LogP contribution in [0.4, 0.5) is 0 Å². The Kier molecular flexibility index (Phi) is 22.4. The average molecular weight is 208 g/mol. The van der Waals surface area contributed by atoms with Crippen LogP contribution in [0.2, 0.25) is 0 Å². The van der Waals surface area contributed by atoms with Crippen molar-refractivity contribution < 1.29 is 0 Å². The van der Waals surface area contributed by atoms with E-state index in [1.807, 2.05) is 0 Å². The van der Waals surface area contributed by atoms with Gasteiger partial charge in [0.2, 0.25) is 0 Å². The molecule has 1 aliphatic heterocycles. The van der Waals surface area contributed by atoms with Crippen molar-refractivity contribution in [1.82, 2.24) is 0 Å². The number of hydrogen-bond donors (Lipinski definition) is 0. The molecule has 0 N–H and O–H groups in total. The van der Waals surface area contributed by atoms with E-state index in [1.165, 1.54) is 35.9 Å². The fraction of sp³-hybridized carbons (Fsp3) is 1.00. The van der Waals surface area contributed by atoms with Crippen molar-refractivity contribution in [3.8, 4) is 0 Å². The average Bonchev–Trinajstić information content (AvgIpc) is 2.10. The zero-order chi connectivity index (χ0) is 9.66. The summed E-state index contributed by atoms with van der Waals surface area (Å²) >= 11 is 4.15. The van der Waals surface area contributed by atoms with Gasteiger partial charge in [-0.15, -0.1) is 0 Å². The summed E-state index contributed by atoms with van der Waals surface area (Å²) in [5.41, 5.74) is 0. The van der Waals surface area contributed by atoms with Crippen molar-refractivity contribution in [3.05, 3.63) is 0 Å². The van der Waals surface area contributed by atoms with Gasteiger partial charge in [0.1, 0.15) is 0 Å². The monoisotopic (exact) mass is 208 g/mol. The van der Waals surface area contributed by atoms with Crippen LogP contribution >= 0.6 is 23.5 Å². The van der Waals surface area contributed by atoms with Crippen LogP contribution in [-0.4, -0.2) is 23.0 Å². The molecule has 1 heterocycles. The van der Waals surface area contributed by atoms with Crippen LogP contribution in [0.1, 0.15) is 40.5 Å². The Bertz CT molecular complexity index is 38.3. The Balaban J connectivity index is 0. The molecule has 0 bridgehead atoms. The molecule has 0 radical (unpaired) electrons. The Morgan fingerprint density at radius 3 is 0.917 bits per heavy atom. The molecule has 1 rings (SSSR count). The third-order valence-electron chi connectivity index (χ3n) is 0.744. The molecule has 12 heavy (non-hydrogen) atoms. The van der Waals surface area contributed by atoms with Crippen molar-refractivity contribution in [3.63, 3.8) is 0 Å². The summed E-state index contributed by atoms with van der Waals surface area (Å²) in [5.74, 6) is 5.52. The second kappa shape index (κ2) is 17.7. The molecule has 1 fully saturated rings. The Hall–Kier alpha value is 0.700. The molecule has 0 unspecified atom stereocenters. The van der Waals surface area contributed by atoms with Gasteiger partial charge in [-0.3, -0.25) is 0 Å². The second-order valence-electron chi connectivity index (χ2n) is 2.64. The smallest absolute Gasteiger partial charge is 0.00238 e. The van der Waals surface area contributed by atoms with Crippen LogP contribution in [0.15, 0.2) is 0 Å². The summed E-state index contributed by atoms with van der Waals surface area (Å²) in [6.45, 7) is 8.50. The van der Waals surface area contributed by atoms with Gasteiger partial charge < -0.3 is 0 Å². The van der Waals surface area contributed by atoms with Crippen LogP contribution in [0.3, 0.4) is 0 Å². The van der Waals surface area contributed by atoms with Crippen LogP contribution in [0.25, 0.3) is 0 Å². The maximum absolute atomic E-state index is 2.12. The van der Waals surface area contributed by atoms with Crippen LogP contribution in [0, 0.1) is 0 Å². The number of thioether (sulfide) groups is 2. The molecule has 76 valence electrons. The first-order valence-electron chi connectivity index (χ1n) is 4.98. The minimum atomic E-state index is 1.25. The first-order valence-corrected chi connectivity index (χ1v) is 7.29. The maximum atomic E-state index is 2.12. The lowest BCUT2D eigenvalue weighted by Gasteiger charge is -2.05. The first kappa shape index (κ1) is 15.2. The Morgan fingerprint density at radius 1 is 0.667 bits per heavy atom. The van der Waals surface area contributed by atoms with Gasteiger partial charge >= 0.3 is 0 Å². The van der Waals surface area contributed by atoms with Gasteiger partial charge in [0, 0.05) is 23.0 Å². The number of rotatable bonds is 0. The van der Waals surface area contributed by atoms with Crippen molar-refractivity contribution in [2.75, 3.05) is 23.0 Å². The normalized spacial score (nSPS) is 15.0. The summed E-state index contributed by atoms with van der Waals surface area (Å²) in [5, 5.41) is 0. The van der Waals surface area contributed by atoms with E-state index in [9.17, 15) is 0 Å². The van der Waals surface area contributed by atoms with Crippen molar-refractivity contribution >= 4 is 23.5 Å². The molecular weight excluding hydrogens is 184 g/mol. The lowest BCUT2D eigenvalue weighted by Crippen LogP contribution is -1.97. The van der Waals surface area contributed by atoms with E-state index < -0.39 is 0 Å². The van der Waals surface area contributed by atoms with E-state index in [1.54, 1.807) is 0 Å². The third kappa shape index (κ3) is 22.4. The highest BCUT2D eigenvalue weighted by atomic mass is 32.2. The van der Waals surface area contributed by atoms with Gasteiger partial charge in [-0.1, -0.05) is 40.5 Å². The zero-order valence-corrected chi connectivity index (χ0v) is 10.7. The van der Waals surface area contributed by atoms with Gasteiger partial charge in [0.15, 0.2) is 0 Å². The highest BCUT2D eigenvalue weighted by molar-refractivity contribution is 8.06. The second-order valence-corrected chi connectivity index (χ2v) is 5.09. The predicted octanol–water partition coefficient (Wildman–Crippen LogP) is 4.30. The van der Waals surface area contributed by atoms with Crippen LogP contribution in [0.5, 0.6) is 0 Å². The lowest BCUT2D eigenvalue weighted by atomic mass is 10.6. The zero-order valence-electron chi connectivity index (χ0n) is 9.06. The summed E-state index contributed by atoms with van der Waals surface area (Å²) in [6.07, 6.45) is 2.50. The summed E-state index contributed by atoms with van der Waals surface area (Å²) < 4.78 is 0. The molecule has 0 aromatic heterocycles. The SMILES string of the molecule is C1CSCCS1.CCC.CCC. The molecule has 0 aromatic carbocycles. The molecule has 1 saturated heterocycles. The van der Waals surface area contributed by atoms with Gasteiger partial charge in [-0.05, 0) is 0 Å². The molecule has 0 saturated carbocycles. The first-order chi connectivity index (χ1) is 5.83. The quantitative estimate of drug-likeness (QED) is 0.582. The fourth-order valence-corrected chi connectivity index (χ4v) is 2.73.